The topological polar surface area (TPSA) is 184 Å². The Labute approximate surface area is 319 Å². The molecule has 0 aliphatic rings. The number of ether oxygens (including phenoxy) is 1. The van der Waals surface area contributed by atoms with Crippen LogP contribution in [0.15, 0.2) is 90.3 Å². The standard InChI is InChI=1S/C41H48N4O8S/c1-25(2)19-33(42-23-31(37(47)48)36(46)45-41-44-35(24-54-41)30-13-9-6-10-14-30)39(51)53-40(52)34(20-26(3)4)43-32(38(49)50)22-29-17-15-28(16-18-29)21-27-11-7-5-8-12-27/h5-18,24-26,31-34,42-43H,19-23H2,1-4H3,(H,47,48)(H,49,50)(H,44,45,46). The van der Waals surface area contributed by atoms with Gasteiger partial charge in [-0.2, -0.15) is 0 Å². The summed E-state index contributed by atoms with van der Waals surface area (Å²) in [7, 11) is 0. The number of hydrogen-bond acceptors (Lipinski definition) is 10. The van der Waals surface area contributed by atoms with E-state index in [-0.39, 0.29) is 36.2 Å². The third kappa shape index (κ3) is 13.0. The van der Waals surface area contributed by atoms with E-state index in [1.807, 2.05) is 113 Å². The van der Waals surface area contributed by atoms with Crippen molar-refractivity contribution >= 4 is 46.3 Å². The molecule has 1 amide bonds. The highest BCUT2D eigenvalue weighted by Crippen LogP contribution is 2.25. The van der Waals surface area contributed by atoms with E-state index < -0.39 is 60.4 Å². The summed E-state index contributed by atoms with van der Waals surface area (Å²) >= 11 is 1.15. The summed E-state index contributed by atoms with van der Waals surface area (Å²) in [5.41, 5.74) is 4.44. The van der Waals surface area contributed by atoms with Crippen LogP contribution >= 0.6 is 11.3 Å². The average molecular weight is 757 g/mol. The first kappa shape index (κ1) is 41.5. The summed E-state index contributed by atoms with van der Waals surface area (Å²) in [4.78, 5) is 68.9. The van der Waals surface area contributed by atoms with Crippen molar-refractivity contribution in [2.75, 3.05) is 11.9 Å². The SMILES string of the molecule is CC(C)CC(NCC(C(=O)O)C(=O)Nc1nc(-c2ccccc2)cs1)C(=O)OC(=O)C(CC(C)C)NC(Cc1ccc(Cc2ccccc2)cc1)C(=O)O. The number of carbonyl (C=O) groups is 5. The highest BCUT2D eigenvalue weighted by atomic mass is 32.1. The molecule has 0 spiro atoms. The number of aromatic nitrogens is 1. The highest BCUT2D eigenvalue weighted by molar-refractivity contribution is 7.14. The number of amides is 1. The van der Waals surface area contributed by atoms with Crippen LogP contribution in [-0.4, -0.2) is 69.7 Å². The number of rotatable bonds is 20. The van der Waals surface area contributed by atoms with E-state index in [0.717, 1.165) is 40.0 Å². The van der Waals surface area contributed by atoms with Crippen LogP contribution in [0.25, 0.3) is 11.3 Å². The predicted molar refractivity (Wildman–Crippen MR) is 207 cm³/mol. The van der Waals surface area contributed by atoms with Gasteiger partial charge in [0.15, 0.2) is 5.13 Å². The van der Waals surface area contributed by atoms with Crippen molar-refractivity contribution in [2.24, 2.45) is 17.8 Å². The molecular formula is C41H48N4O8S. The van der Waals surface area contributed by atoms with E-state index in [0.29, 0.717) is 5.69 Å². The molecule has 1 heterocycles. The van der Waals surface area contributed by atoms with Gasteiger partial charge in [0, 0.05) is 17.5 Å². The quantitative estimate of drug-likeness (QED) is 0.0542. The van der Waals surface area contributed by atoms with Gasteiger partial charge in [0.25, 0.3) is 0 Å². The zero-order chi connectivity index (χ0) is 39.2. The molecule has 4 rings (SSSR count). The van der Waals surface area contributed by atoms with Gasteiger partial charge >= 0.3 is 23.9 Å². The highest BCUT2D eigenvalue weighted by Gasteiger charge is 2.34. The Morgan fingerprint density at radius 1 is 0.704 bits per heavy atom. The van der Waals surface area contributed by atoms with Gasteiger partial charge in [-0.05, 0) is 54.2 Å². The normalized spacial score (nSPS) is 13.5. The minimum atomic E-state index is -1.59. The van der Waals surface area contributed by atoms with Crippen molar-refractivity contribution in [2.45, 2.75) is 71.5 Å². The molecule has 0 aliphatic carbocycles. The van der Waals surface area contributed by atoms with E-state index in [4.69, 9.17) is 4.74 Å². The maximum absolute atomic E-state index is 13.5. The molecule has 4 aromatic rings. The smallest absolute Gasteiger partial charge is 0.330 e. The second kappa shape index (κ2) is 20.3. The minimum absolute atomic E-state index is 0.0575. The van der Waals surface area contributed by atoms with Gasteiger partial charge < -0.3 is 25.6 Å². The van der Waals surface area contributed by atoms with Crippen LogP contribution in [0.3, 0.4) is 0 Å². The summed E-state index contributed by atoms with van der Waals surface area (Å²) in [5.74, 6) is -7.04. The Bertz CT molecular complexity index is 1850. The number of hydrogen-bond donors (Lipinski definition) is 5. The fraction of sp³-hybridized carbons (Fsp3) is 0.366. The molecule has 5 N–H and O–H groups in total. The van der Waals surface area contributed by atoms with Crippen molar-refractivity contribution in [1.29, 1.82) is 0 Å². The lowest BCUT2D eigenvalue weighted by atomic mass is 9.98. The molecule has 54 heavy (non-hydrogen) atoms. The van der Waals surface area contributed by atoms with E-state index >= 15 is 0 Å². The molecule has 0 saturated carbocycles. The number of benzene rings is 3. The Morgan fingerprint density at radius 2 is 1.26 bits per heavy atom. The van der Waals surface area contributed by atoms with Crippen molar-refractivity contribution in [3.63, 3.8) is 0 Å². The second-order valence-corrected chi connectivity index (χ2v) is 14.9. The van der Waals surface area contributed by atoms with Crippen molar-refractivity contribution < 1.29 is 38.9 Å². The lowest BCUT2D eigenvalue weighted by Crippen LogP contribution is -2.51. The number of aliphatic carboxylic acids is 2. The van der Waals surface area contributed by atoms with Gasteiger partial charge in [-0.3, -0.25) is 19.7 Å². The minimum Gasteiger partial charge on any atom is -0.481 e. The zero-order valence-electron chi connectivity index (χ0n) is 30.9. The molecule has 1 aromatic heterocycles. The number of nitrogens with one attached hydrogen (secondary N) is 3. The van der Waals surface area contributed by atoms with Crippen molar-refractivity contribution in [3.8, 4) is 11.3 Å². The fourth-order valence-corrected chi connectivity index (χ4v) is 6.54. The first-order valence-corrected chi connectivity index (χ1v) is 18.8. The van der Waals surface area contributed by atoms with Crippen molar-refractivity contribution in [3.05, 3.63) is 107 Å². The van der Waals surface area contributed by atoms with Crippen LogP contribution in [0.2, 0.25) is 0 Å². The Morgan fingerprint density at radius 3 is 1.85 bits per heavy atom. The number of carboxylic acids is 2. The van der Waals surface area contributed by atoms with Gasteiger partial charge in [0.05, 0.1) is 5.69 Å². The third-order valence-corrected chi connectivity index (χ3v) is 9.34. The molecule has 13 heteroatoms. The molecule has 0 bridgehead atoms. The van der Waals surface area contributed by atoms with Gasteiger partial charge in [-0.1, -0.05) is 113 Å². The summed E-state index contributed by atoms with van der Waals surface area (Å²) in [5, 5.41) is 30.3. The number of carboxylic acid groups (broad SMARTS) is 2. The number of thiazole rings is 1. The second-order valence-electron chi connectivity index (χ2n) is 14.0. The van der Waals surface area contributed by atoms with E-state index in [1.165, 1.54) is 0 Å². The first-order valence-electron chi connectivity index (χ1n) is 17.9. The maximum Gasteiger partial charge on any atom is 0.330 e. The average Bonchev–Trinajstić information content (AvgIpc) is 3.60. The molecule has 3 aromatic carbocycles. The third-order valence-electron chi connectivity index (χ3n) is 8.59. The van der Waals surface area contributed by atoms with Crippen molar-refractivity contribution in [1.82, 2.24) is 15.6 Å². The largest absolute Gasteiger partial charge is 0.481 e. The monoisotopic (exact) mass is 756 g/mol. The molecule has 0 aliphatic heterocycles. The molecule has 0 radical (unpaired) electrons. The Hall–Kier alpha value is -5.24. The molecule has 286 valence electrons. The van der Waals surface area contributed by atoms with Crippen LogP contribution < -0.4 is 16.0 Å². The summed E-state index contributed by atoms with van der Waals surface area (Å²) < 4.78 is 5.32. The van der Waals surface area contributed by atoms with Gasteiger partial charge in [0.1, 0.15) is 24.0 Å². The van der Waals surface area contributed by atoms with Crippen LogP contribution in [-0.2, 0) is 41.6 Å². The van der Waals surface area contributed by atoms with Gasteiger partial charge in [0.2, 0.25) is 5.91 Å². The predicted octanol–water partition coefficient (Wildman–Crippen LogP) is 5.81. The van der Waals surface area contributed by atoms with Gasteiger partial charge in [-0.15, -0.1) is 11.3 Å². The lowest BCUT2D eigenvalue weighted by Gasteiger charge is -2.25. The van der Waals surface area contributed by atoms with E-state index in [1.54, 1.807) is 5.38 Å². The molecule has 4 atom stereocenters. The zero-order valence-corrected chi connectivity index (χ0v) is 31.7. The Balaban J connectivity index is 1.39. The van der Waals surface area contributed by atoms with Crippen LogP contribution in [0.1, 0.15) is 57.2 Å². The molecule has 0 saturated heterocycles. The van der Waals surface area contributed by atoms with Gasteiger partial charge in [-0.25, -0.2) is 14.6 Å². The summed E-state index contributed by atoms with van der Waals surface area (Å²) in [6.45, 7) is 6.97. The summed E-state index contributed by atoms with van der Waals surface area (Å²) in [6, 6.07) is 23.5. The van der Waals surface area contributed by atoms with Crippen LogP contribution in [0, 0.1) is 17.8 Å². The van der Waals surface area contributed by atoms with Crippen LogP contribution in [0.4, 0.5) is 5.13 Å². The number of esters is 2. The number of carbonyl (C=O) groups excluding carboxylic acids is 3. The number of anilines is 1. The molecule has 0 fully saturated rings. The number of nitrogens with zero attached hydrogens (tertiary/aromatic N) is 1. The van der Waals surface area contributed by atoms with Crippen LogP contribution in [0.5, 0.6) is 0 Å². The lowest BCUT2D eigenvalue weighted by molar-refractivity contribution is -0.164. The molecular weight excluding hydrogens is 709 g/mol. The Kier molecular flexibility index (Phi) is 15.6. The van der Waals surface area contributed by atoms with E-state index in [2.05, 4.69) is 20.9 Å². The molecule has 4 unspecified atom stereocenters. The fourth-order valence-electron chi connectivity index (χ4n) is 5.82. The maximum atomic E-state index is 13.5. The molecule has 12 nitrogen and oxygen atoms in total. The van der Waals surface area contributed by atoms with E-state index in [9.17, 15) is 34.2 Å². The first-order chi connectivity index (χ1) is 25.8. The summed E-state index contributed by atoms with van der Waals surface area (Å²) in [6.07, 6.45) is 1.18.